The largest absolute Gasteiger partial charge is 0.515 e. The smallest absolute Gasteiger partial charge is 0.434 e. The van der Waals surface area contributed by atoms with Crippen molar-refractivity contribution >= 4 is 29.4 Å². The highest BCUT2D eigenvalue weighted by molar-refractivity contribution is 6.35. The Labute approximate surface area is 126 Å². The molecular weight excluding hydrogens is 305 g/mol. The third-order valence-electron chi connectivity index (χ3n) is 2.60. The summed E-state index contributed by atoms with van der Waals surface area (Å²) in [7, 11) is 0. The van der Waals surface area contributed by atoms with Gasteiger partial charge in [-0.3, -0.25) is 4.84 Å². The van der Waals surface area contributed by atoms with E-state index in [1.165, 1.54) is 0 Å². The molecule has 20 heavy (non-hydrogen) atoms. The fourth-order valence-corrected chi connectivity index (χ4v) is 2.15. The highest BCUT2D eigenvalue weighted by Crippen LogP contribution is 2.25. The summed E-state index contributed by atoms with van der Waals surface area (Å²) < 4.78 is 9.72. The Balaban J connectivity index is 2.11. The van der Waals surface area contributed by atoms with E-state index in [-0.39, 0.29) is 12.5 Å². The Morgan fingerprint density at radius 3 is 2.95 bits per heavy atom. The van der Waals surface area contributed by atoms with Crippen LogP contribution in [-0.4, -0.2) is 19.4 Å². The lowest BCUT2D eigenvalue weighted by Crippen LogP contribution is -2.15. The van der Waals surface area contributed by atoms with E-state index in [0.717, 1.165) is 11.1 Å². The van der Waals surface area contributed by atoms with Crippen molar-refractivity contribution in [2.45, 2.75) is 13.3 Å². The summed E-state index contributed by atoms with van der Waals surface area (Å²) in [6, 6.07) is 5.23. The number of nitrogens with one attached hydrogen (secondary N) is 1. The minimum atomic E-state index is -0.778. The third-order valence-corrected chi connectivity index (χ3v) is 3.19. The van der Waals surface area contributed by atoms with Crippen molar-refractivity contribution in [1.29, 1.82) is 0 Å². The van der Waals surface area contributed by atoms with Gasteiger partial charge in [-0.15, -0.1) is 0 Å². The molecule has 1 heterocycles. The number of carbonyl (C=O) groups is 1. The molecule has 0 atom stereocenters. The number of rotatable bonds is 4. The van der Waals surface area contributed by atoms with E-state index in [2.05, 4.69) is 5.48 Å². The van der Waals surface area contributed by atoms with E-state index in [4.69, 9.17) is 37.5 Å². The molecule has 0 amide bonds. The first-order valence-electron chi connectivity index (χ1n) is 5.98. The quantitative estimate of drug-likeness (QED) is 0.862. The molecule has 5 nitrogen and oxygen atoms in total. The normalized spacial score (nSPS) is 14.2. The Morgan fingerprint density at radius 1 is 1.45 bits per heavy atom. The number of ether oxygens (including phenoxy) is 2. The van der Waals surface area contributed by atoms with Crippen molar-refractivity contribution in [2.75, 3.05) is 13.2 Å². The summed E-state index contributed by atoms with van der Waals surface area (Å²) in [5.74, 6) is 0.245. The lowest BCUT2D eigenvalue weighted by atomic mass is 10.1. The van der Waals surface area contributed by atoms with Crippen molar-refractivity contribution in [2.24, 2.45) is 0 Å². The van der Waals surface area contributed by atoms with Gasteiger partial charge in [-0.25, -0.2) is 10.3 Å². The van der Waals surface area contributed by atoms with Gasteiger partial charge in [0.25, 0.3) is 0 Å². The Morgan fingerprint density at radius 2 is 2.25 bits per heavy atom. The van der Waals surface area contributed by atoms with E-state index in [1.807, 2.05) is 6.07 Å². The second-order valence-corrected chi connectivity index (χ2v) is 4.86. The molecule has 0 aromatic heterocycles. The maximum absolute atomic E-state index is 11.3. The second kappa shape index (κ2) is 6.83. The van der Waals surface area contributed by atoms with Crippen LogP contribution < -0.4 is 5.48 Å². The molecule has 7 heteroatoms. The van der Waals surface area contributed by atoms with Gasteiger partial charge in [0.1, 0.15) is 6.61 Å². The number of carbonyl (C=O) groups excluding carboxylic acids is 1. The van der Waals surface area contributed by atoms with Crippen molar-refractivity contribution in [3.63, 3.8) is 0 Å². The molecule has 0 saturated heterocycles. The Hall–Kier alpha value is -1.43. The van der Waals surface area contributed by atoms with Crippen LogP contribution in [0, 0.1) is 0 Å². The molecule has 0 radical (unpaired) electrons. The third kappa shape index (κ3) is 3.79. The van der Waals surface area contributed by atoms with Crippen LogP contribution >= 0.6 is 23.2 Å². The Kier molecular flexibility index (Phi) is 5.11. The summed E-state index contributed by atoms with van der Waals surface area (Å²) in [6.45, 7) is 2.24. The molecule has 0 bridgehead atoms. The summed E-state index contributed by atoms with van der Waals surface area (Å²) in [6.07, 6.45) is -0.294. The van der Waals surface area contributed by atoms with Crippen LogP contribution in [0.2, 0.25) is 10.0 Å². The van der Waals surface area contributed by atoms with Crippen LogP contribution in [0.3, 0.4) is 0 Å². The fourth-order valence-electron chi connectivity index (χ4n) is 1.68. The van der Waals surface area contributed by atoms with E-state index >= 15 is 0 Å². The molecule has 1 N–H and O–H groups in total. The monoisotopic (exact) mass is 317 g/mol. The predicted molar refractivity (Wildman–Crippen MR) is 74.4 cm³/mol. The van der Waals surface area contributed by atoms with Gasteiger partial charge in [-0.1, -0.05) is 29.3 Å². The van der Waals surface area contributed by atoms with E-state index in [0.29, 0.717) is 23.1 Å². The predicted octanol–water partition coefficient (Wildman–Crippen LogP) is 3.46. The number of benzene rings is 1. The fraction of sp³-hybridized carbons (Fsp3) is 0.308. The van der Waals surface area contributed by atoms with Crippen LogP contribution in [0.4, 0.5) is 4.79 Å². The average molecular weight is 318 g/mol. The average Bonchev–Trinajstić information content (AvgIpc) is 2.80. The van der Waals surface area contributed by atoms with Crippen molar-refractivity contribution in [3.8, 4) is 0 Å². The molecule has 1 aromatic rings. The molecule has 108 valence electrons. The van der Waals surface area contributed by atoms with E-state index in [9.17, 15) is 4.79 Å². The summed E-state index contributed by atoms with van der Waals surface area (Å²) in [4.78, 5) is 16.3. The topological polar surface area (TPSA) is 56.8 Å². The molecule has 1 aliphatic rings. The standard InChI is InChI=1S/C13H13Cl2NO4/c1-2-18-13(17)20-12-9(7-19-16-12)5-8-3-4-10(14)6-11(8)15/h3-4,6,16H,2,5,7H2,1H3. The molecule has 0 saturated carbocycles. The highest BCUT2D eigenvalue weighted by Gasteiger charge is 2.21. The van der Waals surface area contributed by atoms with Crippen molar-refractivity contribution in [1.82, 2.24) is 5.48 Å². The highest BCUT2D eigenvalue weighted by atomic mass is 35.5. The molecular formula is C13H13Cl2NO4. The minimum Gasteiger partial charge on any atom is -0.434 e. The van der Waals surface area contributed by atoms with E-state index < -0.39 is 6.16 Å². The van der Waals surface area contributed by atoms with Crippen molar-refractivity contribution < 1.29 is 19.1 Å². The van der Waals surface area contributed by atoms with Crippen LogP contribution in [0.15, 0.2) is 29.7 Å². The summed E-state index contributed by atoms with van der Waals surface area (Å²) in [5, 5.41) is 1.11. The molecule has 0 aliphatic carbocycles. The van der Waals surface area contributed by atoms with Gasteiger partial charge in [-0.2, -0.15) is 0 Å². The van der Waals surface area contributed by atoms with Gasteiger partial charge in [0.05, 0.1) is 6.61 Å². The maximum Gasteiger partial charge on any atom is 0.515 e. The van der Waals surface area contributed by atoms with Gasteiger partial charge in [0, 0.05) is 22.0 Å². The molecule has 0 unspecified atom stereocenters. The SMILES string of the molecule is CCOC(=O)OC1=C(Cc2ccc(Cl)cc2Cl)CON1. The lowest BCUT2D eigenvalue weighted by molar-refractivity contribution is 0.0413. The Bertz CT molecular complexity index is 545. The molecule has 0 fully saturated rings. The summed E-state index contributed by atoms with van der Waals surface area (Å²) in [5.41, 5.74) is 4.16. The number of halogens is 2. The van der Waals surface area contributed by atoms with Gasteiger partial charge in [-0.05, 0) is 24.6 Å². The number of hydrogen-bond donors (Lipinski definition) is 1. The van der Waals surface area contributed by atoms with Crippen LogP contribution in [-0.2, 0) is 20.7 Å². The maximum atomic E-state index is 11.3. The zero-order chi connectivity index (χ0) is 14.5. The van der Waals surface area contributed by atoms with E-state index in [1.54, 1.807) is 19.1 Å². The van der Waals surface area contributed by atoms with Crippen molar-refractivity contribution in [3.05, 3.63) is 45.3 Å². The van der Waals surface area contributed by atoms with Gasteiger partial charge >= 0.3 is 6.16 Å². The first-order chi connectivity index (χ1) is 9.60. The number of hydrogen-bond acceptors (Lipinski definition) is 5. The molecule has 1 aliphatic heterocycles. The summed E-state index contributed by atoms with van der Waals surface area (Å²) >= 11 is 12.0. The zero-order valence-electron chi connectivity index (χ0n) is 10.7. The molecule has 0 spiro atoms. The minimum absolute atomic E-state index is 0.241. The van der Waals surface area contributed by atoms with Crippen LogP contribution in [0.1, 0.15) is 12.5 Å². The second-order valence-electron chi connectivity index (χ2n) is 4.02. The van der Waals surface area contributed by atoms with Gasteiger partial charge < -0.3 is 9.47 Å². The van der Waals surface area contributed by atoms with Gasteiger partial charge in [0.15, 0.2) is 0 Å². The molecule has 2 rings (SSSR count). The first-order valence-corrected chi connectivity index (χ1v) is 6.74. The van der Waals surface area contributed by atoms with Crippen LogP contribution in [0.25, 0.3) is 0 Å². The van der Waals surface area contributed by atoms with Gasteiger partial charge in [0.2, 0.25) is 5.88 Å². The first kappa shape index (κ1) is 15.0. The zero-order valence-corrected chi connectivity index (χ0v) is 12.3. The molecule has 1 aromatic carbocycles. The van der Waals surface area contributed by atoms with Crippen LogP contribution in [0.5, 0.6) is 0 Å². The number of hydroxylamine groups is 1. The lowest BCUT2D eigenvalue weighted by Gasteiger charge is -2.07.